The third-order valence-corrected chi connectivity index (χ3v) is 5.10. The van der Waals surface area contributed by atoms with Crippen molar-refractivity contribution in [3.8, 4) is 5.75 Å². The number of fused-ring (bicyclic) bond motifs is 1. The van der Waals surface area contributed by atoms with Crippen molar-refractivity contribution in [1.29, 1.82) is 0 Å². The van der Waals surface area contributed by atoms with E-state index in [2.05, 4.69) is 28.6 Å². The minimum absolute atomic E-state index is 0.0457. The maximum Gasteiger partial charge on any atom is 0.234 e. The number of thiophene rings is 1. The minimum atomic E-state index is 0.0457. The molecule has 0 bridgehead atoms. The first kappa shape index (κ1) is 16.0. The smallest absolute Gasteiger partial charge is 0.234 e. The molecule has 2 aromatic rings. The minimum Gasteiger partial charge on any atom is -0.493 e. The highest BCUT2D eigenvalue weighted by atomic mass is 32.1. The molecule has 1 amide bonds. The molecule has 122 valence electrons. The summed E-state index contributed by atoms with van der Waals surface area (Å²) in [4.78, 5) is 15.7. The lowest BCUT2D eigenvalue weighted by Crippen LogP contribution is -2.38. The molecule has 3 rings (SSSR count). The number of amides is 1. The van der Waals surface area contributed by atoms with E-state index >= 15 is 0 Å². The number of carbonyl (C=O) groups is 1. The van der Waals surface area contributed by atoms with Crippen molar-refractivity contribution < 1.29 is 9.53 Å². The van der Waals surface area contributed by atoms with Gasteiger partial charge in [0.15, 0.2) is 0 Å². The van der Waals surface area contributed by atoms with Gasteiger partial charge in [-0.25, -0.2) is 0 Å². The van der Waals surface area contributed by atoms with Gasteiger partial charge in [-0.05, 0) is 37.0 Å². The van der Waals surface area contributed by atoms with Gasteiger partial charge in [-0.2, -0.15) is 0 Å². The third-order valence-electron chi connectivity index (χ3n) is 4.09. The molecule has 0 spiro atoms. The van der Waals surface area contributed by atoms with Gasteiger partial charge in [-0.1, -0.05) is 18.2 Å². The summed E-state index contributed by atoms with van der Waals surface area (Å²) in [6.07, 6.45) is 0.816. The van der Waals surface area contributed by atoms with Gasteiger partial charge in [0.25, 0.3) is 0 Å². The number of aryl methyl sites for hydroxylation is 1. The molecule has 5 heteroatoms. The Hall–Kier alpha value is -1.85. The summed E-state index contributed by atoms with van der Waals surface area (Å²) in [5.74, 6) is 0.940. The van der Waals surface area contributed by atoms with Crippen LogP contribution in [0.15, 0.2) is 35.7 Å². The van der Waals surface area contributed by atoms with Crippen LogP contribution in [0.2, 0.25) is 0 Å². The zero-order chi connectivity index (χ0) is 16.2. The highest BCUT2D eigenvalue weighted by Crippen LogP contribution is 2.31. The van der Waals surface area contributed by atoms with Crippen molar-refractivity contribution in [2.24, 2.45) is 0 Å². The van der Waals surface area contributed by atoms with Gasteiger partial charge >= 0.3 is 0 Å². The van der Waals surface area contributed by atoms with E-state index in [1.165, 1.54) is 10.4 Å². The number of likely N-dealkylation sites (N-methyl/N-ethyl adjacent to an activating group) is 1. The highest BCUT2D eigenvalue weighted by Gasteiger charge is 2.22. The Labute approximate surface area is 141 Å². The fourth-order valence-corrected chi connectivity index (χ4v) is 3.83. The summed E-state index contributed by atoms with van der Waals surface area (Å²) in [6, 6.07) is 10.1. The summed E-state index contributed by atoms with van der Waals surface area (Å²) in [5, 5.41) is 5.24. The van der Waals surface area contributed by atoms with Gasteiger partial charge in [0, 0.05) is 23.4 Å². The topological polar surface area (TPSA) is 41.6 Å². The van der Waals surface area contributed by atoms with Crippen molar-refractivity contribution in [2.75, 3.05) is 20.2 Å². The van der Waals surface area contributed by atoms with Crippen LogP contribution in [0, 0.1) is 6.92 Å². The zero-order valence-corrected chi connectivity index (χ0v) is 14.4. The number of nitrogens with one attached hydrogen (secondary N) is 1. The molecule has 23 heavy (non-hydrogen) atoms. The van der Waals surface area contributed by atoms with Crippen LogP contribution >= 0.6 is 11.3 Å². The third kappa shape index (κ3) is 3.92. The van der Waals surface area contributed by atoms with Crippen LogP contribution in [-0.4, -0.2) is 31.0 Å². The Kier molecular flexibility index (Phi) is 4.98. The highest BCUT2D eigenvalue weighted by molar-refractivity contribution is 7.10. The molecule has 0 radical (unpaired) electrons. The maximum absolute atomic E-state index is 12.4. The molecule has 2 heterocycles. The predicted molar refractivity (Wildman–Crippen MR) is 92.8 cm³/mol. The van der Waals surface area contributed by atoms with Crippen LogP contribution in [0.3, 0.4) is 0 Å². The van der Waals surface area contributed by atoms with E-state index in [4.69, 9.17) is 4.74 Å². The zero-order valence-electron chi connectivity index (χ0n) is 13.5. The Morgan fingerprint density at radius 1 is 1.39 bits per heavy atom. The molecule has 1 aliphatic rings. The second-order valence-electron chi connectivity index (χ2n) is 5.99. The molecule has 1 aromatic carbocycles. The number of ether oxygens (including phenoxy) is 1. The number of benzene rings is 1. The largest absolute Gasteiger partial charge is 0.493 e. The molecule has 0 saturated carbocycles. The molecule has 1 unspecified atom stereocenters. The summed E-state index contributed by atoms with van der Waals surface area (Å²) < 4.78 is 5.64. The Bertz CT molecular complexity index is 683. The molecule has 1 aromatic heterocycles. The summed E-state index contributed by atoms with van der Waals surface area (Å²) in [5.41, 5.74) is 2.37. The van der Waals surface area contributed by atoms with Gasteiger partial charge in [-0.15, -0.1) is 11.3 Å². The average Bonchev–Trinajstić information content (AvgIpc) is 2.92. The fourth-order valence-electron chi connectivity index (χ4n) is 2.84. The fraction of sp³-hybridized carbons (Fsp3) is 0.389. The van der Waals surface area contributed by atoms with Gasteiger partial charge < -0.3 is 10.1 Å². The summed E-state index contributed by atoms with van der Waals surface area (Å²) in [6.45, 7) is 3.96. The quantitative estimate of drug-likeness (QED) is 0.916. The lowest BCUT2D eigenvalue weighted by Gasteiger charge is -2.27. The Balaban J connectivity index is 1.57. The molecular weight excluding hydrogens is 308 g/mol. The van der Waals surface area contributed by atoms with Crippen molar-refractivity contribution in [3.05, 3.63) is 51.7 Å². The Morgan fingerprint density at radius 2 is 2.22 bits per heavy atom. The van der Waals surface area contributed by atoms with Gasteiger partial charge in [0.1, 0.15) is 5.75 Å². The Morgan fingerprint density at radius 3 is 3.00 bits per heavy atom. The summed E-state index contributed by atoms with van der Waals surface area (Å²) in [7, 11) is 1.98. The van der Waals surface area contributed by atoms with Gasteiger partial charge in [-0.3, -0.25) is 9.69 Å². The van der Waals surface area contributed by atoms with Crippen molar-refractivity contribution >= 4 is 17.2 Å². The standard InChI is InChI=1S/C18H22N2O2S/c1-13-8-10-23-17(13)11-20(2)12-18(21)19-15-7-9-22-16-6-4-3-5-14(15)16/h3-6,8,10,15H,7,9,11-12H2,1-2H3,(H,19,21). The molecule has 0 saturated heterocycles. The lowest BCUT2D eigenvalue weighted by atomic mass is 10.0. The SMILES string of the molecule is Cc1ccsc1CN(C)CC(=O)NC1CCOc2ccccc21. The van der Waals surface area contributed by atoms with E-state index in [0.717, 1.165) is 24.3 Å². The van der Waals surface area contributed by atoms with Crippen LogP contribution in [0.5, 0.6) is 5.75 Å². The molecule has 4 nitrogen and oxygen atoms in total. The van der Waals surface area contributed by atoms with E-state index in [1.807, 2.05) is 31.3 Å². The van der Waals surface area contributed by atoms with Crippen LogP contribution in [0.4, 0.5) is 0 Å². The van der Waals surface area contributed by atoms with Gasteiger partial charge in [0.05, 0.1) is 19.2 Å². The van der Waals surface area contributed by atoms with E-state index < -0.39 is 0 Å². The predicted octanol–water partition coefficient (Wildman–Crippen LogP) is 3.13. The second-order valence-corrected chi connectivity index (χ2v) is 6.99. The number of carbonyl (C=O) groups excluding carboxylic acids is 1. The molecular formula is C18H22N2O2S. The first-order chi connectivity index (χ1) is 11.1. The van der Waals surface area contributed by atoms with Crippen LogP contribution < -0.4 is 10.1 Å². The van der Waals surface area contributed by atoms with E-state index in [1.54, 1.807) is 11.3 Å². The summed E-state index contributed by atoms with van der Waals surface area (Å²) >= 11 is 1.74. The van der Waals surface area contributed by atoms with Crippen LogP contribution in [0.25, 0.3) is 0 Å². The van der Waals surface area contributed by atoms with E-state index in [9.17, 15) is 4.79 Å². The maximum atomic E-state index is 12.4. The van der Waals surface area contributed by atoms with E-state index in [-0.39, 0.29) is 11.9 Å². The number of rotatable bonds is 5. The lowest BCUT2D eigenvalue weighted by molar-refractivity contribution is -0.123. The molecule has 0 fully saturated rings. The molecule has 1 atom stereocenters. The number of hydrogen-bond acceptors (Lipinski definition) is 4. The first-order valence-electron chi connectivity index (χ1n) is 7.86. The second kappa shape index (κ2) is 7.15. The first-order valence-corrected chi connectivity index (χ1v) is 8.74. The van der Waals surface area contributed by atoms with Crippen molar-refractivity contribution in [2.45, 2.75) is 25.9 Å². The monoisotopic (exact) mass is 330 g/mol. The van der Waals surface area contributed by atoms with E-state index in [0.29, 0.717) is 13.2 Å². The normalized spacial score (nSPS) is 16.7. The van der Waals surface area contributed by atoms with Crippen LogP contribution in [-0.2, 0) is 11.3 Å². The average molecular weight is 330 g/mol. The van der Waals surface area contributed by atoms with Crippen molar-refractivity contribution in [3.63, 3.8) is 0 Å². The molecule has 1 N–H and O–H groups in total. The molecule has 0 aliphatic carbocycles. The van der Waals surface area contributed by atoms with Gasteiger partial charge in [0.2, 0.25) is 5.91 Å². The van der Waals surface area contributed by atoms with Crippen molar-refractivity contribution in [1.82, 2.24) is 10.2 Å². The molecule has 1 aliphatic heterocycles. The number of para-hydroxylation sites is 1. The number of nitrogens with zero attached hydrogens (tertiary/aromatic N) is 1. The number of hydrogen-bond donors (Lipinski definition) is 1. The van der Waals surface area contributed by atoms with Crippen LogP contribution in [0.1, 0.15) is 28.5 Å².